The second-order valence-electron chi connectivity index (χ2n) is 4.24. The highest BCUT2D eigenvalue weighted by atomic mass is 79.9. The molecule has 0 radical (unpaired) electrons. The van der Waals surface area contributed by atoms with Crippen LogP contribution in [0.25, 0.3) is 0 Å². The molecule has 17 heavy (non-hydrogen) atoms. The molecule has 0 saturated carbocycles. The van der Waals surface area contributed by atoms with Crippen LogP contribution in [0, 0.1) is 0 Å². The van der Waals surface area contributed by atoms with E-state index in [2.05, 4.69) is 15.9 Å². The Morgan fingerprint density at radius 1 is 1.24 bits per heavy atom. The number of carbonyl (C=O) groups excluding carboxylic acids is 1. The van der Waals surface area contributed by atoms with Crippen molar-refractivity contribution in [2.75, 3.05) is 13.1 Å². The molecule has 0 bridgehead atoms. The number of aliphatic hydroxyl groups excluding tert-OH is 2. The Labute approximate surface area is 108 Å². The Balaban J connectivity index is 1.96. The maximum absolute atomic E-state index is 11.9. The summed E-state index contributed by atoms with van der Waals surface area (Å²) >= 11 is 3.33. The Bertz CT molecular complexity index is 397. The molecule has 2 rings (SSSR count). The number of hydrogen-bond acceptors (Lipinski definition) is 3. The molecule has 1 aromatic carbocycles. The number of nitrogens with zero attached hydrogens (tertiary/aromatic N) is 1. The fraction of sp³-hybridized carbons (Fsp3) is 0.417. The molecule has 2 N–H and O–H groups in total. The van der Waals surface area contributed by atoms with Gasteiger partial charge in [0.05, 0.1) is 18.6 Å². The van der Waals surface area contributed by atoms with Gasteiger partial charge in [-0.15, -0.1) is 0 Å². The minimum absolute atomic E-state index is 0.0667. The Kier molecular flexibility index (Phi) is 3.81. The van der Waals surface area contributed by atoms with Crippen LogP contribution in [0.3, 0.4) is 0 Å². The highest BCUT2D eigenvalue weighted by Crippen LogP contribution is 2.14. The molecule has 1 fully saturated rings. The zero-order valence-corrected chi connectivity index (χ0v) is 10.8. The van der Waals surface area contributed by atoms with Gasteiger partial charge < -0.3 is 15.1 Å². The van der Waals surface area contributed by atoms with E-state index in [1.54, 1.807) is 0 Å². The number of rotatable bonds is 2. The summed E-state index contributed by atoms with van der Waals surface area (Å²) < 4.78 is 0.973. The first-order valence-electron chi connectivity index (χ1n) is 5.44. The fourth-order valence-electron chi connectivity index (χ4n) is 1.86. The Morgan fingerprint density at radius 3 is 2.29 bits per heavy atom. The average molecular weight is 300 g/mol. The summed E-state index contributed by atoms with van der Waals surface area (Å²) in [5, 5.41) is 18.7. The van der Waals surface area contributed by atoms with Crippen molar-refractivity contribution in [3.05, 3.63) is 34.3 Å². The maximum Gasteiger partial charge on any atom is 0.227 e. The number of amides is 1. The van der Waals surface area contributed by atoms with Gasteiger partial charge in [0.2, 0.25) is 5.91 Å². The smallest absolute Gasteiger partial charge is 0.227 e. The van der Waals surface area contributed by atoms with Crippen LogP contribution in [0.1, 0.15) is 5.56 Å². The van der Waals surface area contributed by atoms with Gasteiger partial charge in [0.15, 0.2) is 0 Å². The lowest BCUT2D eigenvalue weighted by Gasteiger charge is -2.15. The third-order valence-electron chi connectivity index (χ3n) is 2.88. The first-order valence-corrected chi connectivity index (χ1v) is 6.24. The molecule has 1 heterocycles. The van der Waals surface area contributed by atoms with Crippen molar-refractivity contribution in [2.45, 2.75) is 18.6 Å². The van der Waals surface area contributed by atoms with Crippen LogP contribution in [0.2, 0.25) is 0 Å². The van der Waals surface area contributed by atoms with Gasteiger partial charge in [0.25, 0.3) is 0 Å². The lowest BCUT2D eigenvalue weighted by molar-refractivity contribution is -0.129. The van der Waals surface area contributed by atoms with Crippen LogP contribution in [-0.2, 0) is 11.2 Å². The van der Waals surface area contributed by atoms with Crippen LogP contribution < -0.4 is 0 Å². The summed E-state index contributed by atoms with van der Waals surface area (Å²) in [7, 11) is 0. The summed E-state index contributed by atoms with van der Waals surface area (Å²) in [5.74, 6) is -0.0667. The number of benzene rings is 1. The largest absolute Gasteiger partial charge is 0.388 e. The van der Waals surface area contributed by atoms with Gasteiger partial charge in [-0.3, -0.25) is 4.79 Å². The van der Waals surface area contributed by atoms with E-state index in [1.165, 1.54) is 4.90 Å². The van der Waals surface area contributed by atoms with E-state index >= 15 is 0 Å². The molecule has 1 amide bonds. The van der Waals surface area contributed by atoms with Gasteiger partial charge in [-0.05, 0) is 17.7 Å². The van der Waals surface area contributed by atoms with Crippen LogP contribution in [-0.4, -0.2) is 46.3 Å². The quantitative estimate of drug-likeness (QED) is 0.839. The van der Waals surface area contributed by atoms with Crippen LogP contribution in [0.4, 0.5) is 0 Å². The van der Waals surface area contributed by atoms with E-state index in [-0.39, 0.29) is 19.0 Å². The van der Waals surface area contributed by atoms with Gasteiger partial charge in [-0.25, -0.2) is 0 Å². The van der Waals surface area contributed by atoms with Crippen molar-refractivity contribution in [1.82, 2.24) is 4.90 Å². The molecule has 4 nitrogen and oxygen atoms in total. The van der Waals surface area contributed by atoms with Crippen molar-refractivity contribution in [3.63, 3.8) is 0 Å². The number of β-amino-alcohol motifs (C(OH)–C–C–N with tert-alkyl or cyclic N) is 2. The van der Waals surface area contributed by atoms with E-state index < -0.39 is 12.2 Å². The van der Waals surface area contributed by atoms with Gasteiger partial charge in [-0.2, -0.15) is 0 Å². The highest BCUT2D eigenvalue weighted by Gasteiger charge is 2.32. The number of halogens is 1. The monoisotopic (exact) mass is 299 g/mol. The predicted molar refractivity (Wildman–Crippen MR) is 66.4 cm³/mol. The Morgan fingerprint density at radius 2 is 1.76 bits per heavy atom. The average Bonchev–Trinajstić information content (AvgIpc) is 2.63. The number of aliphatic hydroxyl groups is 2. The molecule has 0 spiro atoms. The molecule has 2 atom stereocenters. The van der Waals surface area contributed by atoms with E-state index in [0.717, 1.165) is 10.0 Å². The van der Waals surface area contributed by atoms with Gasteiger partial charge in [0, 0.05) is 17.6 Å². The van der Waals surface area contributed by atoms with Crippen LogP contribution in [0.15, 0.2) is 28.7 Å². The van der Waals surface area contributed by atoms with Crippen molar-refractivity contribution in [2.24, 2.45) is 0 Å². The minimum Gasteiger partial charge on any atom is -0.388 e. The normalized spacial score (nSPS) is 24.1. The molecule has 92 valence electrons. The number of likely N-dealkylation sites (tertiary alicyclic amines) is 1. The van der Waals surface area contributed by atoms with E-state index in [4.69, 9.17) is 0 Å². The van der Waals surface area contributed by atoms with Crippen molar-refractivity contribution < 1.29 is 15.0 Å². The molecule has 5 heteroatoms. The topological polar surface area (TPSA) is 60.8 Å². The van der Waals surface area contributed by atoms with Crippen LogP contribution >= 0.6 is 15.9 Å². The van der Waals surface area contributed by atoms with Gasteiger partial charge in [0.1, 0.15) is 0 Å². The zero-order chi connectivity index (χ0) is 12.4. The first-order chi connectivity index (χ1) is 8.06. The van der Waals surface area contributed by atoms with Gasteiger partial charge in [-0.1, -0.05) is 28.1 Å². The van der Waals surface area contributed by atoms with E-state index in [0.29, 0.717) is 6.42 Å². The van der Waals surface area contributed by atoms with Gasteiger partial charge >= 0.3 is 0 Å². The Hall–Kier alpha value is -0.910. The van der Waals surface area contributed by atoms with Crippen molar-refractivity contribution in [3.8, 4) is 0 Å². The molecular formula is C12H14BrNO3. The molecule has 0 aliphatic carbocycles. The summed E-state index contributed by atoms with van der Waals surface area (Å²) in [6, 6.07) is 7.53. The SMILES string of the molecule is O=C(Cc1ccc(Br)cc1)N1C[C@@H](O)[C@@H](O)C1. The fourth-order valence-corrected chi connectivity index (χ4v) is 2.13. The second-order valence-corrected chi connectivity index (χ2v) is 5.15. The number of carbonyl (C=O) groups is 1. The van der Waals surface area contributed by atoms with Crippen LogP contribution in [0.5, 0.6) is 0 Å². The van der Waals surface area contributed by atoms with Crippen molar-refractivity contribution >= 4 is 21.8 Å². The third-order valence-corrected chi connectivity index (χ3v) is 3.41. The predicted octanol–water partition coefficient (Wildman–Crippen LogP) is 0.556. The molecule has 0 unspecified atom stereocenters. The molecular weight excluding hydrogens is 286 g/mol. The standard InChI is InChI=1S/C12H14BrNO3/c13-9-3-1-8(2-4-9)5-12(17)14-6-10(15)11(16)7-14/h1-4,10-11,15-16H,5-7H2/t10-,11+. The maximum atomic E-state index is 11.9. The second kappa shape index (κ2) is 5.16. The first kappa shape index (κ1) is 12.5. The lowest BCUT2D eigenvalue weighted by atomic mass is 10.1. The molecule has 1 saturated heterocycles. The highest BCUT2D eigenvalue weighted by molar-refractivity contribution is 9.10. The third kappa shape index (κ3) is 3.06. The minimum atomic E-state index is -0.816. The summed E-state index contributed by atoms with van der Waals surface area (Å²) in [4.78, 5) is 13.4. The lowest BCUT2D eigenvalue weighted by Crippen LogP contribution is -2.31. The summed E-state index contributed by atoms with van der Waals surface area (Å²) in [6.45, 7) is 0.438. The molecule has 1 aromatic rings. The molecule has 1 aliphatic heterocycles. The zero-order valence-electron chi connectivity index (χ0n) is 9.21. The number of hydrogen-bond donors (Lipinski definition) is 2. The molecule has 0 aromatic heterocycles. The summed E-state index contributed by atoms with van der Waals surface area (Å²) in [6.07, 6.45) is -1.33. The van der Waals surface area contributed by atoms with E-state index in [9.17, 15) is 15.0 Å². The summed E-state index contributed by atoms with van der Waals surface area (Å²) in [5.41, 5.74) is 0.925. The molecule has 1 aliphatic rings. The van der Waals surface area contributed by atoms with E-state index in [1.807, 2.05) is 24.3 Å². The van der Waals surface area contributed by atoms with Crippen molar-refractivity contribution in [1.29, 1.82) is 0 Å².